The van der Waals surface area contributed by atoms with Crippen LogP contribution in [0.3, 0.4) is 0 Å². The van der Waals surface area contributed by atoms with Crippen LogP contribution in [0.5, 0.6) is 17.2 Å². The third-order valence-corrected chi connectivity index (χ3v) is 4.66. The van der Waals surface area contributed by atoms with E-state index in [1.165, 1.54) is 6.07 Å². The van der Waals surface area contributed by atoms with Gasteiger partial charge in [0.1, 0.15) is 5.75 Å². The van der Waals surface area contributed by atoms with Gasteiger partial charge in [-0.3, -0.25) is 0 Å². The first-order valence-electron chi connectivity index (χ1n) is 10.2. The maximum Gasteiger partial charge on any atom is 0.387 e. The Hall–Kier alpha value is -1.60. The van der Waals surface area contributed by atoms with E-state index in [1.54, 1.807) is 6.07 Å². The molecule has 1 aromatic carbocycles. The SMILES string of the molecule is CCNC(=NCc1cc2c(cc1OC(F)F)OCO2)NCCCOCC1CCOC1.I. The predicted octanol–water partition coefficient (Wildman–Crippen LogP) is 3.13. The normalized spacial score (nSPS) is 17.5. The highest BCUT2D eigenvalue weighted by molar-refractivity contribution is 14.0. The van der Waals surface area contributed by atoms with Crippen molar-refractivity contribution < 1.29 is 32.5 Å². The van der Waals surface area contributed by atoms with Gasteiger partial charge >= 0.3 is 6.61 Å². The Morgan fingerprint density at radius 1 is 1.26 bits per heavy atom. The molecule has 0 bridgehead atoms. The van der Waals surface area contributed by atoms with Gasteiger partial charge < -0.3 is 34.3 Å². The Morgan fingerprint density at radius 2 is 2.06 bits per heavy atom. The van der Waals surface area contributed by atoms with Crippen molar-refractivity contribution in [3.8, 4) is 17.2 Å². The molecule has 1 unspecified atom stereocenters. The zero-order valence-electron chi connectivity index (χ0n) is 17.5. The largest absolute Gasteiger partial charge is 0.454 e. The maximum absolute atomic E-state index is 12.8. The first-order valence-corrected chi connectivity index (χ1v) is 10.2. The third-order valence-electron chi connectivity index (χ3n) is 4.66. The molecule has 0 saturated carbocycles. The van der Waals surface area contributed by atoms with Gasteiger partial charge in [0.25, 0.3) is 0 Å². The molecule has 0 aliphatic carbocycles. The lowest BCUT2D eigenvalue weighted by molar-refractivity contribution is -0.0505. The molecule has 8 nitrogen and oxygen atoms in total. The third kappa shape index (κ3) is 8.45. The molecule has 3 rings (SSSR count). The summed E-state index contributed by atoms with van der Waals surface area (Å²) < 4.78 is 51.7. The second-order valence-corrected chi connectivity index (χ2v) is 6.97. The van der Waals surface area contributed by atoms with Crippen LogP contribution in [0.4, 0.5) is 8.78 Å². The van der Waals surface area contributed by atoms with Gasteiger partial charge in [0.05, 0.1) is 19.8 Å². The van der Waals surface area contributed by atoms with E-state index in [9.17, 15) is 8.78 Å². The number of guanidine groups is 1. The molecule has 2 aliphatic rings. The molecule has 2 heterocycles. The second kappa shape index (κ2) is 13.7. The Kier molecular flexibility index (Phi) is 11.4. The van der Waals surface area contributed by atoms with Crippen molar-refractivity contribution in [1.82, 2.24) is 10.6 Å². The molecule has 0 aromatic heterocycles. The van der Waals surface area contributed by atoms with Crippen molar-refractivity contribution >= 4 is 29.9 Å². The number of fused-ring (bicyclic) bond motifs is 1. The molecule has 1 saturated heterocycles. The first-order chi connectivity index (χ1) is 14.7. The van der Waals surface area contributed by atoms with E-state index in [1.807, 2.05) is 6.92 Å². The fourth-order valence-corrected chi connectivity index (χ4v) is 3.15. The highest BCUT2D eigenvalue weighted by Crippen LogP contribution is 2.39. The van der Waals surface area contributed by atoms with Gasteiger partial charge in [0.15, 0.2) is 17.5 Å². The van der Waals surface area contributed by atoms with Crippen molar-refractivity contribution in [3.63, 3.8) is 0 Å². The van der Waals surface area contributed by atoms with Crippen molar-refractivity contribution in [2.45, 2.75) is 32.9 Å². The number of aliphatic imine (C=N–C) groups is 1. The number of halogens is 3. The molecule has 2 N–H and O–H groups in total. The number of hydrogen-bond donors (Lipinski definition) is 2. The Labute approximate surface area is 198 Å². The van der Waals surface area contributed by atoms with Crippen LogP contribution in [0, 0.1) is 5.92 Å². The summed E-state index contributed by atoms with van der Waals surface area (Å²) in [5, 5.41) is 6.36. The molecule has 0 amide bonds. The molecule has 176 valence electrons. The van der Waals surface area contributed by atoms with Crippen LogP contribution in [0.15, 0.2) is 17.1 Å². The molecule has 1 fully saturated rings. The molecular formula is C20H30F2IN3O5. The van der Waals surface area contributed by atoms with Crippen molar-refractivity contribution in [2.24, 2.45) is 10.9 Å². The summed E-state index contributed by atoms with van der Waals surface area (Å²) in [6.07, 6.45) is 1.88. The van der Waals surface area contributed by atoms with Crippen LogP contribution in [-0.4, -0.2) is 58.9 Å². The summed E-state index contributed by atoms with van der Waals surface area (Å²) in [4.78, 5) is 4.47. The topological polar surface area (TPSA) is 82.6 Å². The van der Waals surface area contributed by atoms with Gasteiger partial charge in [-0.15, -0.1) is 24.0 Å². The smallest absolute Gasteiger partial charge is 0.387 e. The number of hydrogen-bond acceptors (Lipinski definition) is 6. The zero-order valence-corrected chi connectivity index (χ0v) is 19.9. The minimum Gasteiger partial charge on any atom is -0.454 e. The van der Waals surface area contributed by atoms with Gasteiger partial charge in [-0.25, -0.2) is 4.99 Å². The Bertz CT molecular complexity index is 706. The summed E-state index contributed by atoms with van der Waals surface area (Å²) in [6.45, 7) is 3.55. The van der Waals surface area contributed by atoms with Crippen LogP contribution in [0.1, 0.15) is 25.3 Å². The number of alkyl halides is 2. The van der Waals surface area contributed by atoms with E-state index in [2.05, 4.69) is 20.4 Å². The molecular weight excluding hydrogens is 527 g/mol. The second-order valence-electron chi connectivity index (χ2n) is 6.97. The van der Waals surface area contributed by atoms with Crippen molar-refractivity contribution in [1.29, 1.82) is 0 Å². The number of rotatable bonds is 11. The monoisotopic (exact) mass is 557 g/mol. The fourth-order valence-electron chi connectivity index (χ4n) is 3.15. The lowest BCUT2D eigenvalue weighted by Crippen LogP contribution is -2.38. The summed E-state index contributed by atoms with van der Waals surface area (Å²) in [5.41, 5.74) is 0.485. The molecule has 0 radical (unpaired) electrons. The summed E-state index contributed by atoms with van der Waals surface area (Å²) in [7, 11) is 0. The van der Waals surface area contributed by atoms with E-state index in [4.69, 9.17) is 18.9 Å². The Balaban J connectivity index is 0.00000341. The lowest BCUT2D eigenvalue weighted by atomic mass is 10.1. The molecule has 0 spiro atoms. The zero-order chi connectivity index (χ0) is 21.2. The van der Waals surface area contributed by atoms with Crippen LogP contribution >= 0.6 is 24.0 Å². The van der Waals surface area contributed by atoms with Crippen molar-refractivity contribution in [2.75, 3.05) is 46.3 Å². The van der Waals surface area contributed by atoms with Gasteiger partial charge in [-0.2, -0.15) is 8.78 Å². The van der Waals surface area contributed by atoms with E-state index >= 15 is 0 Å². The average Bonchev–Trinajstić information content (AvgIpc) is 3.39. The maximum atomic E-state index is 12.8. The van der Waals surface area contributed by atoms with Crippen LogP contribution < -0.4 is 24.8 Å². The van der Waals surface area contributed by atoms with E-state index in [0.717, 1.165) is 32.7 Å². The molecule has 31 heavy (non-hydrogen) atoms. The highest BCUT2D eigenvalue weighted by Gasteiger charge is 2.20. The van der Waals surface area contributed by atoms with Gasteiger partial charge in [0, 0.05) is 43.9 Å². The molecule has 1 atom stereocenters. The van der Waals surface area contributed by atoms with Crippen LogP contribution in [-0.2, 0) is 16.0 Å². The number of ether oxygens (including phenoxy) is 5. The van der Waals surface area contributed by atoms with Crippen LogP contribution in [0.25, 0.3) is 0 Å². The quantitative estimate of drug-likeness (QED) is 0.187. The fraction of sp³-hybridized carbons (Fsp3) is 0.650. The van der Waals surface area contributed by atoms with Gasteiger partial charge in [-0.05, 0) is 25.8 Å². The number of nitrogens with zero attached hydrogens (tertiary/aromatic N) is 1. The van der Waals surface area contributed by atoms with Gasteiger partial charge in [-0.1, -0.05) is 0 Å². The number of nitrogens with one attached hydrogen (secondary N) is 2. The van der Waals surface area contributed by atoms with Gasteiger partial charge in [0.2, 0.25) is 6.79 Å². The van der Waals surface area contributed by atoms with Crippen molar-refractivity contribution in [3.05, 3.63) is 17.7 Å². The first kappa shape index (κ1) is 25.7. The molecule has 11 heteroatoms. The minimum atomic E-state index is -2.93. The molecule has 2 aliphatic heterocycles. The summed E-state index contributed by atoms with van der Waals surface area (Å²) in [6, 6.07) is 3.03. The van der Waals surface area contributed by atoms with E-state index in [0.29, 0.717) is 48.6 Å². The molecule has 1 aromatic rings. The highest BCUT2D eigenvalue weighted by atomic mass is 127. The summed E-state index contributed by atoms with van der Waals surface area (Å²) in [5.74, 6) is 1.99. The average molecular weight is 557 g/mol. The van der Waals surface area contributed by atoms with Crippen LogP contribution in [0.2, 0.25) is 0 Å². The summed E-state index contributed by atoms with van der Waals surface area (Å²) >= 11 is 0. The lowest BCUT2D eigenvalue weighted by Gasteiger charge is -2.14. The predicted molar refractivity (Wildman–Crippen MR) is 122 cm³/mol. The van der Waals surface area contributed by atoms with E-state index < -0.39 is 6.61 Å². The number of benzene rings is 1. The minimum absolute atomic E-state index is 0. The standard InChI is InChI=1S/C20H29F2N3O5.HI/c1-2-23-20(24-5-3-6-26-11-14-4-7-27-12-14)25-10-15-8-17-18(29-13-28-17)9-16(15)30-19(21)22;/h8-9,14,19H,2-7,10-13H2,1H3,(H2,23,24,25);1H. The Morgan fingerprint density at radius 3 is 2.77 bits per heavy atom. The van der Waals surface area contributed by atoms with E-state index in [-0.39, 0.29) is 43.1 Å².